The molecular formula is C26H44NO2+. The molecule has 2 N–H and O–H groups in total. The van der Waals surface area contributed by atoms with Gasteiger partial charge in [-0.2, -0.15) is 0 Å². The van der Waals surface area contributed by atoms with Crippen LogP contribution in [-0.2, 0) is 0 Å². The molecule has 0 amide bonds. The van der Waals surface area contributed by atoms with Crippen LogP contribution in [0.1, 0.15) is 78.1 Å². The van der Waals surface area contributed by atoms with Crippen LogP contribution in [0.4, 0.5) is 0 Å². The Kier molecular flexibility index (Phi) is 5.00. The standard InChI is InChI=1S/C26H44NO2/c1-4-13-27(14-5-6-15-27)23-17-22-20-8-7-18-16-19(28)9-11-25(18,2)21(20)10-12-26(22,3)24(23)29/h4,18-24,28-29H,1,5-17H2,2-3H3/q+1/t18-,19-,20+,21-,22-,23-,24-,25-,26-/m0/s1. The molecule has 5 aliphatic rings. The molecular weight excluding hydrogens is 358 g/mol. The number of nitrogens with zero attached hydrogens (tertiary/aromatic N) is 1. The summed E-state index contributed by atoms with van der Waals surface area (Å²) in [5, 5.41) is 22.0. The van der Waals surface area contributed by atoms with E-state index in [1.807, 2.05) is 0 Å². The summed E-state index contributed by atoms with van der Waals surface area (Å²) in [5.74, 6) is 3.00. The molecule has 4 saturated carbocycles. The van der Waals surface area contributed by atoms with E-state index in [0.717, 1.165) is 41.6 Å². The predicted octanol–water partition coefficient (Wildman–Crippen LogP) is 4.53. The Bertz CT molecular complexity index is 643. The van der Waals surface area contributed by atoms with Crippen molar-refractivity contribution < 1.29 is 14.7 Å². The zero-order chi connectivity index (χ0) is 20.4. The van der Waals surface area contributed by atoms with Gasteiger partial charge in [-0.3, -0.25) is 0 Å². The maximum absolute atomic E-state index is 11.7. The third-order valence-corrected chi connectivity index (χ3v) is 11.3. The van der Waals surface area contributed by atoms with Crippen LogP contribution >= 0.6 is 0 Å². The molecule has 0 radical (unpaired) electrons. The van der Waals surface area contributed by atoms with Crippen LogP contribution in [-0.4, -0.2) is 52.6 Å². The topological polar surface area (TPSA) is 40.5 Å². The van der Waals surface area contributed by atoms with Crippen molar-refractivity contribution in [2.24, 2.45) is 34.5 Å². The van der Waals surface area contributed by atoms with Crippen molar-refractivity contribution in [3.05, 3.63) is 12.7 Å². The van der Waals surface area contributed by atoms with Crippen molar-refractivity contribution in [1.29, 1.82) is 0 Å². The average molecular weight is 403 g/mol. The second-order valence-electron chi connectivity index (χ2n) is 12.2. The normalized spacial score (nSPS) is 53.7. The Morgan fingerprint density at radius 1 is 0.931 bits per heavy atom. The zero-order valence-electron chi connectivity index (χ0n) is 18.9. The van der Waals surface area contributed by atoms with Crippen LogP contribution in [0.3, 0.4) is 0 Å². The molecule has 0 aromatic carbocycles. The molecule has 3 heteroatoms. The summed E-state index contributed by atoms with van der Waals surface area (Å²) in [6.45, 7) is 12.6. The lowest BCUT2D eigenvalue weighted by molar-refractivity contribution is -0.938. The summed E-state index contributed by atoms with van der Waals surface area (Å²) >= 11 is 0. The van der Waals surface area contributed by atoms with Crippen LogP contribution < -0.4 is 0 Å². The number of likely N-dealkylation sites (tertiary alicyclic amines) is 1. The summed E-state index contributed by atoms with van der Waals surface area (Å²) in [6, 6.07) is 0.419. The van der Waals surface area contributed by atoms with E-state index in [9.17, 15) is 10.2 Å². The lowest BCUT2D eigenvalue weighted by Crippen LogP contribution is -2.58. The first kappa shape index (κ1) is 20.5. The Morgan fingerprint density at radius 3 is 2.38 bits per heavy atom. The third-order valence-electron chi connectivity index (χ3n) is 11.3. The van der Waals surface area contributed by atoms with E-state index in [0.29, 0.717) is 17.4 Å². The molecule has 1 saturated heterocycles. The van der Waals surface area contributed by atoms with Gasteiger partial charge in [0.2, 0.25) is 0 Å². The summed E-state index contributed by atoms with van der Waals surface area (Å²) in [6.07, 6.45) is 14.1. The van der Waals surface area contributed by atoms with Crippen molar-refractivity contribution in [3.63, 3.8) is 0 Å². The van der Waals surface area contributed by atoms with Crippen molar-refractivity contribution in [2.45, 2.75) is 96.3 Å². The van der Waals surface area contributed by atoms with Crippen LogP contribution in [0.15, 0.2) is 12.7 Å². The van der Waals surface area contributed by atoms with Gasteiger partial charge in [-0.15, -0.1) is 0 Å². The Balaban J connectivity index is 1.44. The van der Waals surface area contributed by atoms with Gasteiger partial charge in [0.05, 0.1) is 25.7 Å². The van der Waals surface area contributed by atoms with Crippen LogP contribution in [0, 0.1) is 34.5 Å². The second kappa shape index (κ2) is 7.07. The maximum atomic E-state index is 11.7. The minimum atomic E-state index is -0.148. The largest absolute Gasteiger partial charge is 0.393 e. The van der Waals surface area contributed by atoms with Gasteiger partial charge in [-0.1, -0.05) is 20.4 Å². The number of rotatable bonds is 3. The maximum Gasteiger partial charge on any atom is 0.116 e. The molecule has 3 nitrogen and oxygen atoms in total. The number of hydrogen-bond donors (Lipinski definition) is 2. The average Bonchev–Trinajstić information content (AvgIpc) is 3.26. The van der Waals surface area contributed by atoms with Crippen molar-refractivity contribution in [1.82, 2.24) is 0 Å². The first-order valence-electron chi connectivity index (χ1n) is 12.7. The van der Waals surface area contributed by atoms with E-state index in [4.69, 9.17) is 0 Å². The van der Waals surface area contributed by atoms with E-state index in [-0.39, 0.29) is 17.6 Å². The molecule has 164 valence electrons. The lowest BCUT2D eigenvalue weighted by atomic mass is 9.45. The third kappa shape index (κ3) is 2.86. The molecule has 0 unspecified atom stereocenters. The van der Waals surface area contributed by atoms with Gasteiger partial charge in [0.15, 0.2) is 0 Å². The number of fused-ring (bicyclic) bond motifs is 5. The fourth-order valence-corrected chi connectivity index (χ4v) is 9.62. The molecule has 9 atom stereocenters. The molecule has 1 heterocycles. The highest BCUT2D eigenvalue weighted by Gasteiger charge is 2.65. The summed E-state index contributed by atoms with van der Waals surface area (Å²) < 4.78 is 1.11. The quantitative estimate of drug-likeness (QED) is 0.538. The predicted molar refractivity (Wildman–Crippen MR) is 117 cm³/mol. The molecule has 4 aliphatic carbocycles. The number of hydrogen-bond acceptors (Lipinski definition) is 2. The van der Waals surface area contributed by atoms with E-state index >= 15 is 0 Å². The Hall–Kier alpha value is -0.380. The number of aliphatic hydroxyl groups excluding tert-OH is 2. The van der Waals surface area contributed by atoms with E-state index in [1.54, 1.807) is 0 Å². The van der Waals surface area contributed by atoms with Crippen molar-refractivity contribution >= 4 is 0 Å². The molecule has 1 aliphatic heterocycles. The fraction of sp³-hybridized carbons (Fsp3) is 0.923. The monoisotopic (exact) mass is 402 g/mol. The molecule has 0 aromatic rings. The van der Waals surface area contributed by atoms with Crippen LogP contribution in [0.5, 0.6) is 0 Å². The Morgan fingerprint density at radius 2 is 1.66 bits per heavy atom. The summed E-state index contributed by atoms with van der Waals surface area (Å²) in [5.41, 5.74) is 0.533. The highest BCUT2D eigenvalue weighted by molar-refractivity contribution is 5.12. The van der Waals surface area contributed by atoms with Gasteiger partial charge in [-0.05, 0) is 80.1 Å². The lowest BCUT2D eigenvalue weighted by Gasteiger charge is -2.60. The molecule has 0 spiro atoms. The number of quaternary nitrogens is 1. The van der Waals surface area contributed by atoms with Gasteiger partial charge < -0.3 is 14.7 Å². The fourth-order valence-electron chi connectivity index (χ4n) is 9.62. The van der Waals surface area contributed by atoms with Gasteiger partial charge in [0.1, 0.15) is 12.1 Å². The van der Waals surface area contributed by atoms with Gasteiger partial charge >= 0.3 is 0 Å². The summed E-state index contributed by atoms with van der Waals surface area (Å²) in [7, 11) is 0. The minimum absolute atomic E-state index is 0.0606. The zero-order valence-corrected chi connectivity index (χ0v) is 18.9. The van der Waals surface area contributed by atoms with E-state index in [2.05, 4.69) is 26.5 Å². The van der Waals surface area contributed by atoms with Gasteiger partial charge in [0, 0.05) is 24.7 Å². The van der Waals surface area contributed by atoms with Crippen LogP contribution in [0.2, 0.25) is 0 Å². The van der Waals surface area contributed by atoms with E-state index in [1.165, 1.54) is 64.5 Å². The van der Waals surface area contributed by atoms with Crippen molar-refractivity contribution in [3.8, 4) is 0 Å². The number of aliphatic hydroxyl groups is 2. The van der Waals surface area contributed by atoms with Crippen LogP contribution in [0.25, 0.3) is 0 Å². The molecule has 5 rings (SSSR count). The first-order valence-corrected chi connectivity index (χ1v) is 12.7. The van der Waals surface area contributed by atoms with Gasteiger partial charge in [-0.25, -0.2) is 0 Å². The summed E-state index contributed by atoms with van der Waals surface area (Å²) in [4.78, 5) is 0. The molecule has 5 fully saturated rings. The molecule has 0 aromatic heterocycles. The highest BCUT2D eigenvalue weighted by atomic mass is 16.3. The smallest absolute Gasteiger partial charge is 0.116 e. The Labute approximate surface area is 178 Å². The molecule has 0 bridgehead atoms. The minimum Gasteiger partial charge on any atom is -0.393 e. The van der Waals surface area contributed by atoms with Gasteiger partial charge in [0.25, 0.3) is 0 Å². The van der Waals surface area contributed by atoms with E-state index < -0.39 is 0 Å². The second-order valence-corrected chi connectivity index (χ2v) is 12.2. The SMILES string of the molecule is C=CC[N+]1([C@H]2C[C@H]3[C@@H]4CC[C@H]5C[C@@H](O)CC[C@]5(C)[C@H]4CC[C@]3(C)[C@H]2O)CCCC1. The highest BCUT2D eigenvalue weighted by Crippen LogP contribution is 2.67. The van der Waals surface area contributed by atoms with Crippen molar-refractivity contribution in [2.75, 3.05) is 19.6 Å². The molecule has 29 heavy (non-hydrogen) atoms. The first-order chi connectivity index (χ1) is 13.8.